The van der Waals surface area contributed by atoms with Crippen LogP contribution in [0.15, 0.2) is 48.5 Å². The SMILES string of the molecule is CCOc1ccc(NC(=O)[C@@H](C)OC(=O)[C@H]2CN(C(C)=O)c3ccccc3O2)cc1. The molecule has 2 atom stereocenters. The van der Waals surface area contributed by atoms with E-state index >= 15 is 0 Å². The minimum atomic E-state index is -1.05. The second-order valence-corrected chi connectivity index (χ2v) is 6.73. The van der Waals surface area contributed by atoms with Crippen molar-refractivity contribution < 1.29 is 28.6 Å². The predicted molar refractivity (Wildman–Crippen MR) is 111 cm³/mol. The van der Waals surface area contributed by atoms with Gasteiger partial charge in [-0.05, 0) is 50.2 Å². The highest BCUT2D eigenvalue weighted by Gasteiger charge is 2.35. The summed E-state index contributed by atoms with van der Waals surface area (Å²) >= 11 is 0. The molecule has 1 heterocycles. The van der Waals surface area contributed by atoms with Gasteiger partial charge in [0.1, 0.15) is 11.5 Å². The van der Waals surface area contributed by atoms with Crippen LogP contribution in [0, 0.1) is 0 Å². The van der Waals surface area contributed by atoms with Crippen molar-refractivity contribution in [2.75, 3.05) is 23.4 Å². The first kappa shape index (κ1) is 21.2. The second kappa shape index (κ2) is 9.30. The van der Waals surface area contributed by atoms with Gasteiger partial charge in [-0.1, -0.05) is 12.1 Å². The van der Waals surface area contributed by atoms with Gasteiger partial charge in [0, 0.05) is 12.6 Å². The molecule has 1 N–H and O–H groups in total. The van der Waals surface area contributed by atoms with Crippen LogP contribution in [0.4, 0.5) is 11.4 Å². The van der Waals surface area contributed by atoms with Crippen molar-refractivity contribution in [1.29, 1.82) is 0 Å². The zero-order valence-corrected chi connectivity index (χ0v) is 17.1. The van der Waals surface area contributed by atoms with Crippen LogP contribution >= 0.6 is 0 Å². The summed E-state index contributed by atoms with van der Waals surface area (Å²) in [5.41, 5.74) is 1.15. The summed E-state index contributed by atoms with van der Waals surface area (Å²) in [4.78, 5) is 38.4. The Morgan fingerprint density at radius 3 is 2.53 bits per heavy atom. The fraction of sp³-hybridized carbons (Fsp3) is 0.318. The number of fused-ring (bicyclic) bond motifs is 1. The van der Waals surface area contributed by atoms with E-state index in [1.54, 1.807) is 48.5 Å². The van der Waals surface area contributed by atoms with Gasteiger partial charge in [0.25, 0.3) is 5.91 Å². The van der Waals surface area contributed by atoms with E-state index in [4.69, 9.17) is 14.2 Å². The van der Waals surface area contributed by atoms with E-state index in [9.17, 15) is 14.4 Å². The smallest absolute Gasteiger partial charge is 0.350 e. The summed E-state index contributed by atoms with van der Waals surface area (Å²) < 4.78 is 16.3. The van der Waals surface area contributed by atoms with Gasteiger partial charge in [0.15, 0.2) is 6.10 Å². The number of nitrogens with zero attached hydrogens (tertiary/aromatic N) is 1. The highest BCUT2D eigenvalue weighted by molar-refractivity contribution is 5.97. The van der Waals surface area contributed by atoms with Crippen LogP contribution in [0.3, 0.4) is 0 Å². The molecule has 0 spiro atoms. The van der Waals surface area contributed by atoms with Gasteiger partial charge in [-0.2, -0.15) is 0 Å². The minimum absolute atomic E-state index is 0.0123. The molecule has 8 nitrogen and oxygen atoms in total. The number of rotatable bonds is 6. The number of nitrogens with one attached hydrogen (secondary N) is 1. The van der Waals surface area contributed by atoms with Gasteiger partial charge in [-0.15, -0.1) is 0 Å². The van der Waals surface area contributed by atoms with Crippen LogP contribution in [0.5, 0.6) is 11.5 Å². The Kier molecular flexibility index (Phi) is 6.56. The quantitative estimate of drug-likeness (QED) is 0.734. The van der Waals surface area contributed by atoms with Crippen LogP contribution < -0.4 is 19.7 Å². The zero-order valence-electron chi connectivity index (χ0n) is 17.1. The molecule has 2 amide bonds. The number of para-hydroxylation sites is 2. The van der Waals surface area contributed by atoms with E-state index in [-0.39, 0.29) is 12.5 Å². The standard InChI is InChI=1S/C22H24N2O6/c1-4-28-17-11-9-16(10-12-17)23-21(26)14(2)29-22(27)20-13-24(15(3)25)18-7-5-6-8-19(18)30-20/h5-12,14,20H,4,13H2,1-3H3,(H,23,26)/t14-,20-/m1/s1. The number of hydrogen-bond acceptors (Lipinski definition) is 6. The summed E-state index contributed by atoms with van der Waals surface area (Å²) in [5.74, 6) is -0.311. The van der Waals surface area contributed by atoms with Crippen LogP contribution in [-0.4, -0.2) is 43.1 Å². The van der Waals surface area contributed by atoms with Crippen LogP contribution in [0.2, 0.25) is 0 Å². The minimum Gasteiger partial charge on any atom is -0.494 e. The summed E-state index contributed by atoms with van der Waals surface area (Å²) in [6, 6.07) is 13.8. The highest BCUT2D eigenvalue weighted by Crippen LogP contribution is 2.33. The first-order valence-corrected chi connectivity index (χ1v) is 9.67. The number of anilines is 2. The molecule has 1 aliphatic heterocycles. The summed E-state index contributed by atoms with van der Waals surface area (Å²) in [7, 11) is 0. The van der Waals surface area contributed by atoms with Crippen molar-refractivity contribution in [2.24, 2.45) is 0 Å². The van der Waals surface area contributed by atoms with Gasteiger partial charge < -0.3 is 24.4 Å². The number of esters is 1. The van der Waals surface area contributed by atoms with Crippen molar-refractivity contribution in [1.82, 2.24) is 0 Å². The molecule has 0 saturated carbocycles. The third-order valence-electron chi connectivity index (χ3n) is 4.51. The highest BCUT2D eigenvalue weighted by atomic mass is 16.6. The number of amides is 2. The predicted octanol–water partition coefficient (Wildman–Crippen LogP) is 2.77. The summed E-state index contributed by atoms with van der Waals surface area (Å²) in [6.07, 6.45) is -2.07. The number of carbonyl (C=O) groups excluding carboxylic acids is 3. The Balaban J connectivity index is 1.61. The van der Waals surface area contributed by atoms with Gasteiger partial charge >= 0.3 is 5.97 Å². The van der Waals surface area contributed by atoms with E-state index < -0.39 is 24.1 Å². The van der Waals surface area contributed by atoms with Gasteiger partial charge in [0.2, 0.25) is 12.0 Å². The van der Waals surface area contributed by atoms with E-state index in [1.165, 1.54) is 18.7 Å². The van der Waals surface area contributed by atoms with E-state index in [1.807, 2.05) is 6.92 Å². The third kappa shape index (κ3) is 4.89. The summed E-state index contributed by atoms with van der Waals surface area (Å²) in [5, 5.41) is 2.68. The van der Waals surface area contributed by atoms with Gasteiger partial charge in [-0.3, -0.25) is 9.59 Å². The first-order valence-electron chi connectivity index (χ1n) is 9.67. The fourth-order valence-electron chi connectivity index (χ4n) is 3.00. The van der Waals surface area contributed by atoms with Crippen LogP contribution in [0.25, 0.3) is 0 Å². The van der Waals surface area contributed by atoms with E-state index in [0.29, 0.717) is 29.5 Å². The van der Waals surface area contributed by atoms with E-state index in [2.05, 4.69) is 5.32 Å². The molecule has 3 rings (SSSR count). The Morgan fingerprint density at radius 1 is 1.17 bits per heavy atom. The Morgan fingerprint density at radius 2 is 1.87 bits per heavy atom. The lowest BCUT2D eigenvalue weighted by Gasteiger charge is -2.33. The molecular weight excluding hydrogens is 388 g/mol. The molecule has 1 aliphatic rings. The van der Waals surface area contributed by atoms with Crippen molar-refractivity contribution in [2.45, 2.75) is 33.0 Å². The van der Waals surface area contributed by atoms with Crippen molar-refractivity contribution in [3.63, 3.8) is 0 Å². The van der Waals surface area contributed by atoms with E-state index in [0.717, 1.165) is 0 Å². The van der Waals surface area contributed by atoms with Gasteiger partial charge in [0.05, 0.1) is 18.8 Å². The van der Waals surface area contributed by atoms with Crippen molar-refractivity contribution >= 4 is 29.2 Å². The molecular formula is C22H24N2O6. The normalized spacial score (nSPS) is 16.0. The third-order valence-corrected chi connectivity index (χ3v) is 4.51. The molecule has 0 saturated heterocycles. The topological polar surface area (TPSA) is 94.2 Å². The maximum atomic E-state index is 12.6. The van der Waals surface area contributed by atoms with Crippen LogP contribution in [0.1, 0.15) is 20.8 Å². The van der Waals surface area contributed by atoms with Crippen molar-refractivity contribution in [3.8, 4) is 11.5 Å². The molecule has 2 aromatic rings. The first-order chi connectivity index (χ1) is 14.4. The molecule has 158 valence electrons. The van der Waals surface area contributed by atoms with Crippen molar-refractivity contribution in [3.05, 3.63) is 48.5 Å². The lowest BCUT2D eigenvalue weighted by atomic mass is 10.2. The largest absolute Gasteiger partial charge is 0.494 e. The molecule has 2 aromatic carbocycles. The summed E-state index contributed by atoms with van der Waals surface area (Å²) in [6.45, 7) is 5.33. The second-order valence-electron chi connectivity index (χ2n) is 6.73. The number of benzene rings is 2. The fourth-order valence-corrected chi connectivity index (χ4v) is 3.00. The number of ether oxygens (including phenoxy) is 3. The molecule has 0 radical (unpaired) electrons. The number of carbonyl (C=O) groups is 3. The molecule has 0 aliphatic carbocycles. The molecule has 8 heteroatoms. The Bertz CT molecular complexity index is 927. The molecule has 0 bridgehead atoms. The maximum Gasteiger partial charge on any atom is 0.350 e. The molecule has 0 fully saturated rings. The number of hydrogen-bond donors (Lipinski definition) is 1. The van der Waals surface area contributed by atoms with Crippen LogP contribution in [-0.2, 0) is 19.1 Å². The van der Waals surface area contributed by atoms with Gasteiger partial charge in [-0.25, -0.2) is 4.79 Å². The molecule has 30 heavy (non-hydrogen) atoms. The monoisotopic (exact) mass is 412 g/mol. The lowest BCUT2D eigenvalue weighted by Crippen LogP contribution is -2.48. The average molecular weight is 412 g/mol. The Hall–Kier alpha value is -3.55. The average Bonchev–Trinajstić information content (AvgIpc) is 2.74. The molecule has 0 unspecified atom stereocenters. The molecule has 0 aromatic heterocycles. The maximum absolute atomic E-state index is 12.6. The lowest BCUT2D eigenvalue weighted by molar-refractivity contribution is -0.160. The Labute approximate surface area is 174 Å². The zero-order chi connectivity index (χ0) is 21.7.